The summed E-state index contributed by atoms with van der Waals surface area (Å²) in [4.78, 5) is 32.2. The molecule has 0 aliphatic heterocycles. The molecule has 1 amide bonds. The molecule has 4 aromatic rings. The van der Waals surface area contributed by atoms with Crippen molar-refractivity contribution in [2.45, 2.75) is 13.5 Å². The molecule has 3 heterocycles. The van der Waals surface area contributed by atoms with Crippen LogP contribution in [-0.4, -0.2) is 21.7 Å². The van der Waals surface area contributed by atoms with Gasteiger partial charge in [0.1, 0.15) is 11.4 Å². The fourth-order valence-corrected chi connectivity index (χ4v) is 4.51. The first-order valence-electron chi connectivity index (χ1n) is 8.53. The molecule has 0 atom stereocenters. The molecule has 0 fully saturated rings. The lowest BCUT2D eigenvalue weighted by Crippen LogP contribution is -2.30. The predicted octanol–water partition coefficient (Wildman–Crippen LogP) is 3.65. The maximum absolute atomic E-state index is 13.0. The minimum atomic E-state index is -0.385. The Labute approximate surface area is 168 Å². The molecule has 0 bridgehead atoms. The summed E-state index contributed by atoms with van der Waals surface area (Å²) in [6.07, 6.45) is 2.99. The smallest absolute Gasteiger partial charge is 0.263 e. The van der Waals surface area contributed by atoms with Crippen LogP contribution in [0.25, 0.3) is 21.3 Å². The molecule has 1 aromatic carbocycles. The summed E-state index contributed by atoms with van der Waals surface area (Å²) in [5, 5.41) is 6.40. The highest BCUT2D eigenvalue weighted by molar-refractivity contribution is 7.19. The maximum Gasteiger partial charge on any atom is 0.263 e. The SMILES string of the molecule is Cc1sc2ncn(CC(=O)N/N=C/c3cccs3)c(=O)c2c1-c1ccccc1. The Morgan fingerprint density at radius 1 is 1.25 bits per heavy atom. The van der Waals surface area contributed by atoms with Gasteiger partial charge in [0.15, 0.2) is 0 Å². The van der Waals surface area contributed by atoms with E-state index in [0.29, 0.717) is 10.2 Å². The Hall–Kier alpha value is -3.10. The number of hydrazone groups is 1. The predicted molar refractivity (Wildman–Crippen MR) is 114 cm³/mol. The number of benzene rings is 1. The molecule has 0 saturated carbocycles. The molecule has 0 unspecified atom stereocenters. The van der Waals surface area contributed by atoms with Crippen molar-refractivity contribution in [1.29, 1.82) is 0 Å². The van der Waals surface area contributed by atoms with Gasteiger partial charge in [-0.15, -0.1) is 22.7 Å². The second-order valence-electron chi connectivity index (χ2n) is 6.07. The van der Waals surface area contributed by atoms with E-state index in [0.717, 1.165) is 20.9 Å². The molecule has 0 spiro atoms. The second kappa shape index (κ2) is 7.87. The largest absolute Gasteiger partial charge is 0.289 e. The highest BCUT2D eigenvalue weighted by Crippen LogP contribution is 2.35. The Bertz CT molecular complexity index is 1210. The molecule has 1 N–H and O–H groups in total. The van der Waals surface area contributed by atoms with Crippen molar-refractivity contribution in [2.75, 3.05) is 0 Å². The Balaban J connectivity index is 1.63. The Kier molecular flexibility index (Phi) is 5.14. The molecule has 0 radical (unpaired) electrons. The number of carbonyl (C=O) groups is 1. The fourth-order valence-electron chi connectivity index (χ4n) is 2.93. The number of nitrogens with one attached hydrogen (secondary N) is 1. The number of thiophene rings is 2. The third kappa shape index (κ3) is 3.64. The van der Waals surface area contributed by atoms with Crippen LogP contribution in [0.2, 0.25) is 0 Å². The second-order valence-corrected chi connectivity index (χ2v) is 8.25. The molecular formula is C20H16N4O2S2. The average Bonchev–Trinajstić information content (AvgIpc) is 3.32. The number of amides is 1. The van der Waals surface area contributed by atoms with Gasteiger partial charge in [0, 0.05) is 15.3 Å². The van der Waals surface area contributed by atoms with Gasteiger partial charge in [-0.2, -0.15) is 5.10 Å². The van der Waals surface area contributed by atoms with E-state index in [1.807, 2.05) is 54.8 Å². The van der Waals surface area contributed by atoms with Crippen LogP contribution in [-0.2, 0) is 11.3 Å². The standard InChI is InChI=1S/C20H16N4O2S2/c1-13-17(14-6-3-2-4-7-14)18-19(28-13)21-12-24(20(18)26)11-16(25)23-22-10-15-8-5-9-27-15/h2-10,12H,11H2,1H3,(H,23,25)/b22-10+. The van der Waals surface area contributed by atoms with E-state index in [9.17, 15) is 9.59 Å². The summed E-state index contributed by atoms with van der Waals surface area (Å²) < 4.78 is 1.32. The maximum atomic E-state index is 13.0. The van der Waals surface area contributed by atoms with Crippen LogP contribution in [0, 0.1) is 6.92 Å². The van der Waals surface area contributed by atoms with Gasteiger partial charge < -0.3 is 0 Å². The van der Waals surface area contributed by atoms with E-state index in [4.69, 9.17) is 0 Å². The van der Waals surface area contributed by atoms with Crippen molar-refractivity contribution in [2.24, 2.45) is 5.10 Å². The van der Waals surface area contributed by atoms with Crippen LogP contribution < -0.4 is 11.0 Å². The van der Waals surface area contributed by atoms with Crippen LogP contribution in [0.1, 0.15) is 9.75 Å². The summed E-state index contributed by atoms with van der Waals surface area (Å²) in [5.41, 5.74) is 4.06. The number of nitrogens with zero attached hydrogens (tertiary/aromatic N) is 3. The van der Waals surface area contributed by atoms with Gasteiger partial charge in [0.25, 0.3) is 11.5 Å². The number of aromatic nitrogens is 2. The van der Waals surface area contributed by atoms with Crippen molar-refractivity contribution in [3.8, 4) is 11.1 Å². The van der Waals surface area contributed by atoms with Gasteiger partial charge in [-0.05, 0) is 23.9 Å². The molecule has 0 aliphatic carbocycles. The van der Waals surface area contributed by atoms with Gasteiger partial charge >= 0.3 is 0 Å². The summed E-state index contributed by atoms with van der Waals surface area (Å²) in [6, 6.07) is 13.5. The van der Waals surface area contributed by atoms with E-state index in [2.05, 4.69) is 15.5 Å². The molecule has 0 saturated heterocycles. The molecule has 140 valence electrons. The van der Waals surface area contributed by atoms with Crippen LogP contribution >= 0.6 is 22.7 Å². The van der Waals surface area contributed by atoms with Crippen LogP contribution in [0.4, 0.5) is 0 Å². The van der Waals surface area contributed by atoms with E-state index < -0.39 is 0 Å². The fraction of sp³-hybridized carbons (Fsp3) is 0.100. The van der Waals surface area contributed by atoms with Crippen molar-refractivity contribution >= 4 is 45.0 Å². The quantitative estimate of drug-likeness (QED) is 0.405. The van der Waals surface area contributed by atoms with Crippen molar-refractivity contribution in [3.63, 3.8) is 0 Å². The van der Waals surface area contributed by atoms with E-state index >= 15 is 0 Å². The Morgan fingerprint density at radius 3 is 2.82 bits per heavy atom. The Morgan fingerprint density at radius 2 is 2.07 bits per heavy atom. The zero-order valence-corrected chi connectivity index (χ0v) is 16.6. The van der Waals surface area contributed by atoms with Gasteiger partial charge in [-0.25, -0.2) is 10.4 Å². The summed E-state index contributed by atoms with van der Waals surface area (Å²) in [7, 11) is 0. The number of carbonyl (C=O) groups excluding carboxylic acids is 1. The molecule has 6 nitrogen and oxygen atoms in total. The highest BCUT2D eigenvalue weighted by atomic mass is 32.1. The lowest BCUT2D eigenvalue weighted by atomic mass is 10.0. The number of rotatable bonds is 5. The van der Waals surface area contributed by atoms with Gasteiger partial charge in [-0.1, -0.05) is 36.4 Å². The normalized spacial score (nSPS) is 11.3. The first-order chi connectivity index (χ1) is 13.6. The molecule has 0 aliphatic rings. The van der Waals surface area contributed by atoms with Crippen LogP contribution in [0.3, 0.4) is 0 Å². The van der Waals surface area contributed by atoms with E-state index in [1.165, 1.54) is 33.6 Å². The van der Waals surface area contributed by atoms with Crippen LogP contribution in [0.5, 0.6) is 0 Å². The molecule has 28 heavy (non-hydrogen) atoms. The van der Waals surface area contributed by atoms with Crippen LogP contribution in [0.15, 0.2) is 64.1 Å². The number of hydrogen-bond acceptors (Lipinski definition) is 6. The lowest BCUT2D eigenvalue weighted by molar-refractivity contribution is -0.121. The molecular weight excluding hydrogens is 392 g/mol. The van der Waals surface area contributed by atoms with E-state index in [1.54, 1.807) is 6.21 Å². The third-order valence-electron chi connectivity index (χ3n) is 4.16. The molecule has 8 heteroatoms. The van der Waals surface area contributed by atoms with E-state index in [-0.39, 0.29) is 18.0 Å². The average molecular weight is 409 g/mol. The van der Waals surface area contributed by atoms with Crippen molar-refractivity contribution in [3.05, 3.63) is 74.3 Å². The summed E-state index contributed by atoms with van der Waals surface area (Å²) in [6.45, 7) is 1.83. The first kappa shape index (κ1) is 18.3. The number of hydrogen-bond donors (Lipinski definition) is 1. The van der Waals surface area contributed by atoms with Gasteiger partial charge in [0.05, 0.1) is 17.9 Å². The summed E-state index contributed by atoms with van der Waals surface area (Å²) in [5.74, 6) is -0.385. The molecule has 3 aromatic heterocycles. The van der Waals surface area contributed by atoms with Crippen molar-refractivity contribution in [1.82, 2.24) is 15.0 Å². The zero-order valence-electron chi connectivity index (χ0n) is 15.0. The summed E-state index contributed by atoms with van der Waals surface area (Å²) >= 11 is 3.00. The lowest BCUT2D eigenvalue weighted by Gasteiger charge is -2.06. The first-order valence-corrected chi connectivity index (χ1v) is 10.2. The minimum Gasteiger partial charge on any atom is -0.289 e. The monoisotopic (exact) mass is 408 g/mol. The number of fused-ring (bicyclic) bond motifs is 1. The zero-order chi connectivity index (χ0) is 19.5. The molecule has 4 rings (SSSR count). The van der Waals surface area contributed by atoms with Gasteiger partial charge in [0.2, 0.25) is 0 Å². The topological polar surface area (TPSA) is 76.3 Å². The third-order valence-corrected chi connectivity index (χ3v) is 5.98. The number of aryl methyl sites for hydroxylation is 1. The minimum absolute atomic E-state index is 0.146. The van der Waals surface area contributed by atoms with Crippen molar-refractivity contribution < 1.29 is 4.79 Å². The highest BCUT2D eigenvalue weighted by Gasteiger charge is 2.17. The van der Waals surface area contributed by atoms with Gasteiger partial charge in [-0.3, -0.25) is 14.2 Å².